The zero-order valence-corrected chi connectivity index (χ0v) is 12.0. The molecule has 1 saturated carbocycles. The molecule has 1 saturated heterocycles. The smallest absolute Gasteiger partial charge is 0.240 e. The summed E-state index contributed by atoms with van der Waals surface area (Å²) in [4.78, 5) is 25.8. The summed E-state index contributed by atoms with van der Waals surface area (Å²) in [5.74, 6) is -2.50. The number of primary amides is 1. The summed E-state index contributed by atoms with van der Waals surface area (Å²) in [6.07, 6.45) is 5.38. The van der Waals surface area contributed by atoms with Gasteiger partial charge in [-0.25, -0.2) is 8.78 Å². The van der Waals surface area contributed by atoms with E-state index >= 15 is 0 Å². The summed E-state index contributed by atoms with van der Waals surface area (Å²) in [5.41, 5.74) is 4.81. The molecule has 22 heavy (non-hydrogen) atoms. The predicted molar refractivity (Wildman–Crippen MR) is 76.6 cm³/mol. The Kier molecular flexibility index (Phi) is 3.62. The molecule has 2 N–H and O–H groups in total. The lowest BCUT2D eigenvalue weighted by molar-refractivity contribution is -0.126. The van der Waals surface area contributed by atoms with E-state index in [9.17, 15) is 18.4 Å². The van der Waals surface area contributed by atoms with Crippen molar-refractivity contribution >= 4 is 17.5 Å². The topological polar surface area (TPSA) is 63.4 Å². The highest BCUT2D eigenvalue weighted by molar-refractivity contribution is 6.06. The number of amides is 2. The summed E-state index contributed by atoms with van der Waals surface area (Å²) in [6.45, 7) is 0. The second kappa shape index (κ2) is 5.34. The minimum Gasteiger partial charge on any atom is -0.368 e. The van der Waals surface area contributed by atoms with Crippen molar-refractivity contribution in [2.24, 2.45) is 11.1 Å². The first kappa shape index (κ1) is 14.9. The molecule has 1 aromatic rings. The third-order valence-corrected chi connectivity index (χ3v) is 4.62. The zero-order valence-electron chi connectivity index (χ0n) is 12.0. The number of rotatable bonds is 2. The molecule has 2 atom stereocenters. The van der Waals surface area contributed by atoms with Gasteiger partial charge in [-0.2, -0.15) is 0 Å². The molecule has 117 valence electrons. The number of nitrogens with zero attached hydrogens (tertiary/aromatic N) is 1. The Hall–Kier alpha value is -1.98. The number of halogens is 2. The van der Waals surface area contributed by atoms with Crippen molar-refractivity contribution in [3.05, 3.63) is 36.3 Å². The van der Waals surface area contributed by atoms with Gasteiger partial charge in [0, 0.05) is 6.07 Å². The number of carbonyl (C=O) groups is 2. The van der Waals surface area contributed by atoms with Crippen LogP contribution in [0.2, 0.25) is 0 Å². The summed E-state index contributed by atoms with van der Waals surface area (Å²) in [5, 5.41) is 0. The van der Waals surface area contributed by atoms with Gasteiger partial charge < -0.3 is 5.73 Å². The number of hydrogen-bond acceptors (Lipinski definition) is 2. The molecule has 4 nitrogen and oxygen atoms in total. The average Bonchev–Trinajstić information content (AvgIpc) is 2.72. The van der Waals surface area contributed by atoms with Crippen LogP contribution in [0.1, 0.15) is 32.1 Å². The van der Waals surface area contributed by atoms with Crippen LogP contribution in [0.4, 0.5) is 14.5 Å². The SMILES string of the molecule is NC(=O)C1C[C@@]2(C[CH]CCC2)C(=O)N1c1cc(F)cc(F)c1. The minimum absolute atomic E-state index is 0.0498. The van der Waals surface area contributed by atoms with Gasteiger partial charge in [-0.1, -0.05) is 12.8 Å². The molecule has 2 aliphatic rings. The Morgan fingerprint density at radius 3 is 2.50 bits per heavy atom. The maximum atomic E-state index is 13.5. The molecule has 1 heterocycles. The van der Waals surface area contributed by atoms with Crippen molar-refractivity contribution in [2.45, 2.75) is 38.1 Å². The maximum absolute atomic E-state index is 13.5. The van der Waals surface area contributed by atoms with Crippen molar-refractivity contribution in [2.75, 3.05) is 4.90 Å². The molecular weight excluding hydrogens is 290 g/mol. The van der Waals surface area contributed by atoms with Crippen LogP contribution in [-0.2, 0) is 9.59 Å². The van der Waals surface area contributed by atoms with Crippen LogP contribution >= 0.6 is 0 Å². The fourth-order valence-corrected chi connectivity index (χ4v) is 3.59. The van der Waals surface area contributed by atoms with E-state index in [1.807, 2.05) is 6.42 Å². The Morgan fingerprint density at radius 1 is 1.27 bits per heavy atom. The number of hydrogen-bond donors (Lipinski definition) is 1. The van der Waals surface area contributed by atoms with Crippen LogP contribution < -0.4 is 10.6 Å². The molecular formula is C16H17F2N2O2. The monoisotopic (exact) mass is 307 g/mol. The van der Waals surface area contributed by atoms with Gasteiger partial charge in [0.25, 0.3) is 0 Å². The largest absolute Gasteiger partial charge is 0.368 e. The van der Waals surface area contributed by atoms with Gasteiger partial charge in [-0.15, -0.1) is 0 Å². The fraction of sp³-hybridized carbons (Fsp3) is 0.438. The molecule has 2 amide bonds. The third kappa shape index (κ3) is 2.36. The predicted octanol–water partition coefficient (Wildman–Crippen LogP) is 2.32. The van der Waals surface area contributed by atoms with E-state index in [1.165, 1.54) is 4.90 Å². The molecule has 1 spiro atoms. The lowest BCUT2D eigenvalue weighted by atomic mass is 9.72. The number of anilines is 1. The quantitative estimate of drug-likeness (QED) is 0.911. The third-order valence-electron chi connectivity index (χ3n) is 4.62. The first-order chi connectivity index (χ1) is 10.4. The van der Waals surface area contributed by atoms with Crippen LogP contribution in [0.25, 0.3) is 0 Å². The zero-order chi connectivity index (χ0) is 15.9. The number of nitrogens with two attached hydrogens (primary N) is 1. The molecule has 1 aliphatic carbocycles. The molecule has 1 aromatic carbocycles. The highest BCUT2D eigenvalue weighted by atomic mass is 19.1. The van der Waals surface area contributed by atoms with Crippen LogP contribution in [0, 0.1) is 23.5 Å². The molecule has 6 heteroatoms. The number of benzene rings is 1. The van der Waals surface area contributed by atoms with Crippen LogP contribution in [0.15, 0.2) is 18.2 Å². The summed E-state index contributed by atoms with van der Waals surface area (Å²) >= 11 is 0. The molecule has 0 bridgehead atoms. The normalized spacial score (nSPS) is 24.0. The van der Waals surface area contributed by atoms with Gasteiger partial charge in [0.15, 0.2) is 0 Å². The van der Waals surface area contributed by atoms with Crippen molar-refractivity contribution in [1.29, 1.82) is 0 Å². The molecule has 0 aromatic heterocycles. The van der Waals surface area contributed by atoms with Crippen molar-refractivity contribution < 1.29 is 18.4 Å². The first-order valence-electron chi connectivity index (χ1n) is 7.34. The van der Waals surface area contributed by atoms with Crippen LogP contribution in [0.3, 0.4) is 0 Å². The first-order valence-corrected chi connectivity index (χ1v) is 7.34. The number of carbonyl (C=O) groups excluding carboxylic acids is 2. The van der Waals surface area contributed by atoms with Gasteiger partial charge in [0.05, 0.1) is 11.1 Å². The van der Waals surface area contributed by atoms with Gasteiger partial charge >= 0.3 is 0 Å². The van der Waals surface area contributed by atoms with E-state index in [-0.39, 0.29) is 11.6 Å². The van der Waals surface area contributed by atoms with Crippen molar-refractivity contribution in [3.63, 3.8) is 0 Å². The highest BCUT2D eigenvalue weighted by Crippen LogP contribution is 2.48. The van der Waals surface area contributed by atoms with Gasteiger partial charge in [-0.3, -0.25) is 14.5 Å². The molecule has 2 fully saturated rings. The molecule has 1 radical (unpaired) electrons. The highest BCUT2D eigenvalue weighted by Gasteiger charge is 2.53. The van der Waals surface area contributed by atoms with Crippen molar-refractivity contribution in [1.82, 2.24) is 0 Å². The van der Waals surface area contributed by atoms with E-state index in [1.54, 1.807) is 0 Å². The van der Waals surface area contributed by atoms with Crippen LogP contribution in [-0.4, -0.2) is 17.9 Å². The second-order valence-electron chi connectivity index (χ2n) is 6.09. The molecule has 3 rings (SSSR count). The van der Waals surface area contributed by atoms with Gasteiger partial charge in [-0.05, 0) is 37.8 Å². The Balaban J connectivity index is 2.03. The summed E-state index contributed by atoms with van der Waals surface area (Å²) < 4.78 is 26.9. The van der Waals surface area contributed by atoms with E-state index < -0.39 is 29.0 Å². The van der Waals surface area contributed by atoms with E-state index in [0.29, 0.717) is 19.3 Å². The van der Waals surface area contributed by atoms with Crippen molar-refractivity contribution in [3.8, 4) is 0 Å². The van der Waals surface area contributed by atoms with Gasteiger partial charge in [0.2, 0.25) is 11.8 Å². The van der Waals surface area contributed by atoms with E-state index in [2.05, 4.69) is 0 Å². The average molecular weight is 307 g/mol. The fourth-order valence-electron chi connectivity index (χ4n) is 3.59. The minimum atomic E-state index is -0.861. The lowest BCUT2D eigenvalue weighted by Crippen LogP contribution is -2.43. The second-order valence-corrected chi connectivity index (χ2v) is 6.09. The standard InChI is InChI=1S/C16H17F2N2O2/c17-10-6-11(18)8-12(7-10)20-13(14(19)21)9-16(15(20)22)4-2-1-3-5-16/h2,6-8,13H,1,3-5,9H2,(H2,19,21)/t13?,16-/m0/s1. The molecule has 1 aliphatic heterocycles. The Bertz CT molecular complexity index is 606. The van der Waals surface area contributed by atoms with E-state index in [4.69, 9.17) is 5.73 Å². The summed E-state index contributed by atoms with van der Waals surface area (Å²) in [6, 6.07) is 1.98. The van der Waals surface area contributed by atoms with Crippen LogP contribution in [0.5, 0.6) is 0 Å². The summed E-state index contributed by atoms with van der Waals surface area (Å²) in [7, 11) is 0. The maximum Gasteiger partial charge on any atom is 0.240 e. The Morgan fingerprint density at radius 2 is 1.95 bits per heavy atom. The van der Waals surface area contributed by atoms with Gasteiger partial charge in [0.1, 0.15) is 17.7 Å². The van der Waals surface area contributed by atoms with E-state index in [0.717, 1.165) is 31.0 Å². The molecule has 1 unspecified atom stereocenters. The Labute approximate surface area is 127 Å². The lowest BCUT2D eigenvalue weighted by Gasteiger charge is -2.31.